The summed E-state index contributed by atoms with van der Waals surface area (Å²) in [5.41, 5.74) is 1.69. The lowest BCUT2D eigenvalue weighted by Gasteiger charge is -2.30. The molecule has 0 aromatic heterocycles. The number of piperidine rings is 1. The quantitative estimate of drug-likeness (QED) is 0.660. The highest BCUT2D eigenvalue weighted by molar-refractivity contribution is 5.22. The Hall–Kier alpha value is -0.500. The maximum atomic E-state index is 6.19. The van der Waals surface area contributed by atoms with Crippen molar-refractivity contribution in [1.82, 2.24) is 5.32 Å². The van der Waals surface area contributed by atoms with Gasteiger partial charge in [-0.3, -0.25) is 0 Å². The van der Waals surface area contributed by atoms with Crippen molar-refractivity contribution in [3.63, 3.8) is 0 Å². The minimum atomic E-state index is 0.628. The van der Waals surface area contributed by atoms with Crippen molar-refractivity contribution in [3.05, 3.63) is 11.3 Å². The summed E-state index contributed by atoms with van der Waals surface area (Å²) in [5, 5.41) is 3.56. The molecule has 0 aromatic rings. The molecular weight excluding hydrogens is 246 g/mol. The monoisotopic (exact) mass is 279 g/mol. The lowest BCUT2D eigenvalue weighted by molar-refractivity contribution is 0.167. The largest absolute Gasteiger partial charge is 0.498 e. The Morgan fingerprint density at radius 2 is 2.00 bits per heavy atom. The third-order valence-corrected chi connectivity index (χ3v) is 4.79. The van der Waals surface area contributed by atoms with Crippen molar-refractivity contribution in [3.8, 4) is 0 Å². The van der Waals surface area contributed by atoms with Gasteiger partial charge in [0.05, 0.1) is 6.61 Å². The van der Waals surface area contributed by atoms with Gasteiger partial charge in [-0.1, -0.05) is 26.7 Å². The molecule has 1 aliphatic heterocycles. The number of ether oxygens (including phenoxy) is 1. The van der Waals surface area contributed by atoms with Crippen LogP contribution in [0.5, 0.6) is 0 Å². The molecule has 20 heavy (non-hydrogen) atoms. The smallest absolute Gasteiger partial charge is 0.100 e. The lowest BCUT2D eigenvalue weighted by Crippen LogP contribution is -2.32. The molecule has 1 aliphatic carbocycles. The van der Waals surface area contributed by atoms with Gasteiger partial charge < -0.3 is 10.1 Å². The zero-order valence-electron chi connectivity index (χ0n) is 13.7. The summed E-state index contributed by atoms with van der Waals surface area (Å²) in [6, 6.07) is 0. The van der Waals surface area contributed by atoms with Crippen LogP contribution in [0.4, 0.5) is 0 Å². The average molecular weight is 279 g/mol. The van der Waals surface area contributed by atoms with Crippen molar-refractivity contribution < 1.29 is 4.74 Å². The molecule has 1 saturated carbocycles. The first-order valence-corrected chi connectivity index (χ1v) is 8.85. The van der Waals surface area contributed by atoms with Crippen LogP contribution in [0.1, 0.15) is 65.7 Å². The van der Waals surface area contributed by atoms with Gasteiger partial charge in [-0.2, -0.15) is 0 Å². The molecule has 2 aliphatic rings. The summed E-state index contributed by atoms with van der Waals surface area (Å²) >= 11 is 0. The summed E-state index contributed by atoms with van der Waals surface area (Å²) in [7, 11) is 0. The molecule has 2 heteroatoms. The number of unbranched alkanes of at least 4 members (excludes halogenated alkanes) is 1. The molecule has 1 heterocycles. The number of allylic oxidation sites excluding steroid dienone is 1. The minimum absolute atomic E-state index is 0.628. The highest BCUT2D eigenvalue weighted by Gasteiger charge is 2.34. The van der Waals surface area contributed by atoms with E-state index < -0.39 is 0 Å². The normalized spacial score (nSPS) is 26.1. The van der Waals surface area contributed by atoms with Crippen LogP contribution in [0.25, 0.3) is 0 Å². The van der Waals surface area contributed by atoms with Gasteiger partial charge in [-0.25, -0.2) is 0 Å². The van der Waals surface area contributed by atoms with Crippen molar-refractivity contribution in [2.45, 2.75) is 65.7 Å². The van der Waals surface area contributed by atoms with E-state index in [-0.39, 0.29) is 0 Å². The molecule has 116 valence electrons. The van der Waals surface area contributed by atoms with E-state index in [0.717, 1.165) is 19.1 Å². The third-order valence-electron chi connectivity index (χ3n) is 4.79. The summed E-state index contributed by atoms with van der Waals surface area (Å²) in [4.78, 5) is 0. The fourth-order valence-corrected chi connectivity index (χ4v) is 3.57. The van der Waals surface area contributed by atoms with Crippen LogP contribution in [0.15, 0.2) is 11.3 Å². The van der Waals surface area contributed by atoms with Crippen LogP contribution in [-0.2, 0) is 4.74 Å². The lowest BCUT2D eigenvalue weighted by atomic mass is 9.85. The Balaban J connectivity index is 2.16. The third kappa shape index (κ3) is 4.25. The summed E-state index contributed by atoms with van der Waals surface area (Å²) in [6.07, 6.45) is 9.36. The number of hydrogen-bond acceptors (Lipinski definition) is 2. The van der Waals surface area contributed by atoms with E-state index in [1.165, 1.54) is 57.2 Å². The van der Waals surface area contributed by atoms with Gasteiger partial charge in [-0.05, 0) is 63.0 Å². The Bertz CT molecular complexity index is 313. The Morgan fingerprint density at radius 1 is 1.20 bits per heavy atom. The first-order chi connectivity index (χ1) is 9.77. The molecule has 0 aromatic carbocycles. The van der Waals surface area contributed by atoms with E-state index in [9.17, 15) is 0 Å². The van der Waals surface area contributed by atoms with Gasteiger partial charge in [0.2, 0.25) is 0 Å². The molecule has 2 fully saturated rings. The van der Waals surface area contributed by atoms with Crippen LogP contribution in [0.2, 0.25) is 0 Å². The molecule has 2 rings (SSSR count). The SMILES string of the molecule is CCCCC(C)/C(=C(\OCC)[C@H]1CCCNC1)C1CC1. The molecule has 1 unspecified atom stereocenters. The van der Waals surface area contributed by atoms with Gasteiger partial charge in [0.25, 0.3) is 0 Å². The van der Waals surface area contributed by atoms with Crippen LogP contribution in [-0.4, -0.2) is 19.7 Å². The molecule has 0 spiro atoms. The summed E-state index contributed by atoms with van der Waals surface area (Å²) in [6.45, 7) is 9.98. The van der Waals surface area contributed by atoms with E-state index in [0.29, 0.717) is 11.8 Å². The number of hydrogen-bond donors (Lipinski definition) is 1. The predicted molar refractivity (Wildman–Crippen MR) is 85.7 cm³/mol. The maximum Gasteiger partial charge on any atom is 0.100 e. The standard InChI is InChI=1S/C18H33NO/c1-4-6-8-14(3)17(15-10-11-15)18(20-5-2)16-9-7-12-19-13-16/h14-16,19H,4-13H2,1-3H3/b18-17+/t14?,16-/m0/s1. The Labute approximate surface area is 125 Å². The van der Waals surface area contributed by atoms with E-state index in [1.807, 2.05) is 0 Å². The second-order valence-corrected chi connectivity index (χ2v) is 6.61. The van der Waals surface area contributed by atoms with Crippen LogP contribution >= 0.6 is 0 Å². The molecule has 1 N–H and O–H groups in total. The van der Waals surface area contributed by atoms with E-state index in [4.69, 9.17) is 4.74 Å². The molecule has 0 amide bonds. The molecule has 0 radical (unpaired) electrons. The van der Waals surface area contributed by atoms with Gasteiger partial charge >= 0.3 is 0 Å². The van der Waals surface area contributed by atoms with Gasteiger partial charge in [-0.15, -0.1) is 0 Å². The van der Waals surface area contributed by atoms with Crippen molar-refractivity contribution >= 4 is 0 Å². The second kappa shape index (κ2) is 8.07. The fourth-order valence-electron chi connectivity index (χ4n) is 3.57. The molecule has 1 saturated heterocycles. The van der Waals surface area contributed by atoms with Crippen molar-refractivity contribution in [1.29, 1.82) is 0 Å². The highest BCUT2D eigenvalue weighted by atomic mass is 16.5. The van der Waals surface area contributed by atoms with E-state index >= 15 is 0 Å². The minimum Gasteiger partial charge on any atom is -0.498 e. The molecule has 2 nitrogen and oxygen atoms in total. The first-order valence-electron chi connectivity index (χ1n) is 8.85. The maximum absolute atomic E-state index is 6.19. The number of rotatable bonds is 8. The van der Waals surface area contributed by atoms with E-state index in [2.05, 4.69) is 26.1 Å². The fraction of sp³-hybridized carbons (Fsp3) is 0.889. The highest BCUT2D eigenvalue weighted by Crippen LogP contribution is 2.45. The molecular formula is C18H33NO. The second-order valence-electron chi connectivity index (χ2n) is 6.61. The van der Waals surface area contributed by atoms with Gasteiger partial charge in [0.15, 0.2) is 0 Å². The van der Waals surface area contributed by atoms with Crippen LogP contribution in [0, 0.1) is 17.8 Å². The van der Waals surface area contributed by atoms with Gasteiger partial charge in [0.1, 0.15) is 5.76 Å². The molecule has 2 atom stereocenters. The summed E-state index contributed by atoms with van der Waals surface area (Å²) < 4.78 is 6.19. The Morgan fingerprint density at radius 3 is 2.55 bits per heavy atom. The van der Waals surface area contributed by atoms with Crippen LogP contribution in [0.3, 0.4) is 0 Å². The van der Waals surface area contributed by atoms with Gasteiger partial charge in [0, 0.05) is 12.5 Å². The zero-order chi connectivity index (χ0) is 14.4. The number of nitrogens with one attached hydrogen (secondary N) is 1. The van der Waals surface area contributed by atoms with Crippen molar-refractivity contribution in [2.75, 3.05) is 19.7 Å². The summed E-state index contributed by atoms with van der Waals surface area (Å²) in [5.74, 6) is 3.56. The zero-order valence-corrected chi connectivity index (χ0v) is 13.7. The molecule has 0 bridgehead atoms. The first kappa shape index (κ1) is 15.9. The predicted octanol–water partition coefficient (Wildman–Crippen LogP) is 4.51. The average Bonchev–Trinajstić information content (AvgIpc) is 3.30. The van der Waals surface area contributed by atoms with Crippen molar-refractivity contribution in [2.24, 2.45) is 17.8 Å². The van der Waals surface area contributed by atoms with Crippen LogP contribution < -0.4 is 5.32 Å². The Kier molecular flexibility index (Phi) is 6.41. The topological polar surface area (TPSA) is 21.3 Å². The van der Waals surface area contributed by atoms with E-state index in [1.54, 1.807) is 5.57 Å².